The van der Waals surface area contributed by atoms with E-state index in [1.165, 1.54) is 0 Å². The zero-order valence-electron chi connectivity index (χ0n) is 9.75. The second-order valence-corrected chi connectivity index (χ2v) is 4.20. The largest absolute Gasteiger partial charge is 0.480 e. The van der Waals surface area contributed by atoms with Gasteiger partial charge in [-0.1, -0.05) is 33.6 Å². The first-order valence-corrected chi connectivity index (χ1v) is 5.49. The number of nitrogens with one attached hydrogen (secondary N) is 1. The van der Waals surface area contributed by atoms with Crippen molar-refractivity contribution in [3.63, 3.8) is 0 Å². The lowest BCUT2D eigenvalue weighted by atomic mass is 10.1. The summed E-state index contributed by atoms with van der Waals surface area (Å²) in [6.45, 7) is 5.86. The van der Waals surface area contributed by atoms with Crippen molar-refractivity contribution in [1.29, 1.82) is 0 Å². The highest BCUT2D eigenvalue weighted by Gasteiger charge is 2.19. The zero-order valence-corrected chi connectivity index (χ0v) is 9.75. The summed E-state index contributed by atoms with van der Waals surface area (Å²) in [6, 6.07) is -0.726. The smallest absolute Gasteiger partial charge is 0.326 e. The molecule has 0 aromatic heterocycles. The molecule has 0 fully saturated rings. The molecule has 0 aromatic rings. The number of rotatable bonds is 7. The maximum absolute atomic E-state index is 11.4. The number of carbonyl (C=O) groups excluding carboxylic acids is 1. The Morgan fingerprint density at radius 1 is 1.33 bits per heavy atom. The Bertz CT molecular complexity index is 214. The van der Waals surface area contributed by atoms with Gasteiger partial charge in [0.1, 0.15) is 6.04 Å². The van der Waals surface area contributed by atoms with Crippen molar-refractivity contribution in [2.24, 2.45) is 5.92 Å². The van der Waals surface area contributed by atoms with Crippen molar-refractivity contribution >= 4 is 11.9 Å². The average molecular weight is 215 g/mol. The fourth-order valence-corrected chi connectivity index (χ4v) is 1.29. The first-order chi connectivity index (χ1) is 6.97. The van der Waals surface area contributed by atoms with Crippen LogP contribution in [0.5, 0.6) is 0 Å². The van der Waals surface area contributed by atoms with Gasteiger partial charge in [0.05, 0.1) is 0 Å². The second-order valence-electron chi connectivity index (χ2n) is 4.20. The standard InChI is InChI=1S/C11H21NO3/c1-4-5-6-9(11(14)15)12-10(13)7-8(2)3/h8-9H,4-7H2,1-3H3,(H,12,13)(H,14,15)/t9-/m1/s1. The van der Waals surface area contributed by atoms with E-state index in [1.54, 1.807) is 0 Å². The molecule has 0 spiro atoms. The monoisotopic (exact) mass is 215 g/mol. The Hall–Kier alpha value is -1.06. The molecule has 2 N–H and O–H groups in total. The van der Waals surface area contributed by atoms with Crippen LogP contribution in [0.25, 0.3) is 0 Å². The molecule has 0 unspecified atom stereocenters. The van der Waals surface area contributed by atoms with Crippen LogP contribution in [-0.4, -0.2) is 23.0 Å². The fourth-order valence-electron chi connectivity index (χ4n) is 1.29. The van der Waals surface area contributed by atoms with Gasteiger partial charge in [0.25, 0.3) is 0 Å². The van der Waals surface area contributed by atoms with Crippen LogP contribution in [0.2, 0.25) is 0 Å². The first kappa shape index (κ1) is 13.9. The van der Waals surface area contributed by atoms with E-state index in [2.05, 4.69) is 5.32 Å². The predicted molar refractivity (Wildman–Crippen MR) is 58.5 cm³/mol. The number of carbonyl (C=O) groups is 2. The van der Waals surface area contributed by atoms with E-state index < -0.39 is 12.0 Å². The molecule has 0 aliphatic carbocycles. The van der Waals surface area contributed by atoms with Gasteiger partial charge in [0.15, 0.2) is 0 Å². The minimum atomic E-state index is -0.944. The Morgan fingerprint density at radius 2 is 1.93 bits per heavy atom. The molecule has 15 heavy (non-hydrogen) atoms. The molecule has 1 atom stereocenters. The molecule has 0 saturated carbocycles. The number of unbranched alkanes of at least 4 members (excludes halogenated alkanes) is 1. The Labute approximate surface area is 91.1 Å². The predicted octanol–water partition coefficient (Wildman–Crippen LogP) is 1.79. The van der Waals surface area contributed by atoms with Crippen molar-refractivity contribution in [3.05, 3.63) is 0 Å². The molecule has 0 radical (unpaired) electrons. The van der Waals surface area contributed by atoms with E-state index in [-0.39, 0.29) is 11.8 Å². The molecule has 0 heterocycles. The number of aliphatic carboxylic acids is 1. The summed E-state index contributed by atoms with van der Waals surface area (Å²) in [5.74, 6) is -0.861. The summed E-state index contributed by atoms with van der Waals surface area (Å²) in [6.07, 6.45) is 2.65. The Kier molecular flexibility index (Phi) is 6.75. The van der Waals surface area contributed by atoms with Crippen LogP contribution in [-0.2, 0) is 9.59 Å². The normalized spacial score (nSPS) is 12.5. The lowest BCUT2D eigenvalue weighted by Gasteiger charge is -2.14. The lowest BCUT2D eigenvalue weighted by Crippen LogP contribution is -2.41. The SMILES string of the molecule is CCCC[C@@H](NC(=O)CC(C)C)C(=O)O. The van der Waals surface area contributed by atoms with Gasteiger partial charge in [0.2, 0.25) is 5.91 Å². The molecule has 4 nitrogen and oxygen atoms in total. The van der Waals surface area contributed by atoms with Gasteiger partial charge in [-0.2, -0.15) is 0 Å². The zero-order chi connectivity index (χ0) is 11.8. The third-order valence-corrected chi connectivity index (χ3v) is 2.07. The number of hydrogen-bond acceptors (Lipinski definition) is 2. The van der Waals surface area contributed by atoms with E-state index in [1.807, 2.05) is 20.8 Å². The third kappa shape index (κ3) is 6.94. The lowest BCUT2D eigenvalue weighted by molar-refractivity contribution is -0.142. The molecular formula is C11H21NO3. The molecule has 0 saturated heterocycles. The van der Waals surface area contributed by atoms with Crippen LogP contribution in [0.1, 0.15) is 46.5 Å². The average Bonchev–Trinajstić information content (AvgIpc) is 2.10. The molecule has 0 aromatic carbocycles. The van der Waals surface area contributed by atoms with E-state index in [4.69, 9.17) is 5.11 Å². The van der Waals surface area contributed by atoms with E-state index in [0.29, 0.717) is 12.8 Å². The van der Waals surface area contributed by atoms with Crippen LogP contribution < -0.4 is 5.32 Å². The van der Waals surface area contributed by atoms with Crippen molar-refractivity contribution in [2.75, 3.05) is 0 Å². The quantitative estimate of drug-likeness (QED) is 0.680. The van der Waals surface area contributed by atoms with Crippen molar-refractivity contribution in [1.82, 2.24) is 5.32 Å². The fraction of sp³-hybridized carbons (Fsp3) is 0.818. The maximum Gasteiger partial charge on any atom is 0.326 e. The molecule has 0 bridgehead atoms. The molecular weight excluding hydrogens is 194 g/mol. The Morgan fingerprint density at radius 3 is 2.33 bits per heavy atom. The van der Waals surface area contributed by atoms with Gasteiger partial charge in [0, 0.05) is 6.42 Å². The van der Waals surface area contributed by atoms with Gasteiger partial charge in [-0.05, 0) is 12.3 Å². The van der Waals surface area contributed by atoms with E-state index in [9.17, 15) is 9.59 Å². The van der Waals surface area contributed by atoms with Gasteiger partial charge in [-0.15, -0.1) is 0 Å². The van der Waals surface area contributed by atoms with Crippen LogP contribution in [0, 0.1) is 5.92 Å². The van der Waals surface area contributed by atoms with Gasteiger partial charge in [-0.3, -0.25) is 4.79 Å². The van der Waals surface area contributed by atoms with Gasteiger partial charge >= 0.3 is 5.97 Å². The van der Waals surface area contributed by atoms with Crippen LogP contribution in [0.3, 0.4) is 0 Å². The summed E-state index contributed by atoms with van der Waals surface area (Å²) in [5, 5.41) is 11.4. The Balaban J connectivity index is 4.04. The molecule has 88 valence electrons. The maximum atomic E-state index is 11.4. The highest BCUT2D eigenvalue weighted by atomic mass is 16.4. The minimum Gasteiger partial charge on any atom is -0.480 e. The number of hydrogen-bond donors (Lipinski definition) is 2. The van der Waals surface area contributed by atoms with Crippen molar-refractivity contribution in [3.8, 4) is 0 Å². The summed E-state index contributed by atoms with van der Waals surface area (Å²) in [4.78, 5) is 22.2. The minimum absolute atomic E-state index is 0.173. The van der Waals surface area contributed by atoms with Crippen LogP contribution in [0.4, 0.5) is 0 Å². The molecule has 1 amide bonds. The highest BCUT2D eigenvalue weighted by molar-refractivity contribution is 5.83. The van der Waals surface area contributed by atoms with Gasteiger partial charge < -0.3 is 10.4 Å². The molecule has 0 aliphatic heterocycles. The summed E-state index contributed by atoms with van der Waals surface area (Å²) < 4.78 is 0. The molecule has 0 rings (SSSR count). The van der Waals surface area contributed by atoms with Crippen molar-refractivity contribution in [2.45, 2.75) is 52.5 Å². The van der Waals surface area contributed by atoms with Gasteiger partial charge in [-0.25, -0.2) is 4.79 Å². The number of carboxylic acids is 1. The van der Waals surface area contributed by atoms with Crippen molar-refractivity contribution < 1.29 is 14.7 Å². The summed E-state index contributed by atoms with van der Waals surface area (Å²) in [7, 11) is 0. The first-order valence-electron chi connectivity index (χ1n) is 5.49. The topological polar surface area (TPSA) is 66.4 Å². The second kappa shape index (κ2) is 7.26. The van der Waals surface area contributed by atoms with Crippen LogP contribution in [0.15, 0.2) is 0 Å². The summed E-state index contributed by atoms with van der Waals surface area (Å²) >= 11 is 0. The number of amides is 1. The summed E-state index contributed by atoms with van der Waals surface area (Å²) in [5.41, 5.74) is 0. The third-order valence-electron chi connectivity index (χ3n) is 2.07. The molecule has 0 aliphatic rings. The number of carboxylic acid groups (broad SMARTS) is 1. The van der Waals surface area contributed by atoms with E-state index >= 15 is 0 Å². The van der Waals surface area contributed by atoms with E-state index in [0.717, 1.165) is 12.8 Å². The molecule has 4 heteroatoms. The van der Waals surface area contributed by atoms with Crippen LogP contribution >= 0.6 is 0 Å². The highest BCUT2D eigenvalue weighted by Crippen LogP contribution is 2.03.